The van der Waals surface area contributed by atoms with E-state index in [1.807, 2.05) is 0 Å². The van der Waals surface area contributed by atoms with Gasteiger partial charge in [-0.25, -0.2) is 22.0 Å². The second-order valence-electron chi connectivity index (χ2n) is 3.59. The minimum Gasteiger partial charge on any atom is -0.203 e. The van der Waals surface area contributed by atoms with Crippen molar-refractivity contribution < 1.29 is 22.0 Å². The molecule has 1 aliphatic carbocycles. The predicted molar refractivity (Wildman–Crippen MR) is 51.3 cm³/mol. The molecule has 0 fully saturated rings. The van der Waals surface area contributed by atoms with Crippen LogP contribution in [-0.2, 0) is 0 Å². The van der Waals surface area contributed by atoms with Gasteiger partial charge in [0.05, 0.1) is 5.56 Å². The lowest BCUT2D eigenvalue weighted by atomic mass is 10.00. The summed E-state index contributed by atoms with van der Waals surface area (Å²) in [6, 6.07) is 0. The first-order valence-electron chi connectivity index (χ1n) is 4.75. The Morgan fingerprint density at radius 2 is 1.35 bits per heavy atom. The lowest BCUT2D eigenvalue weighted by Gasteiger charge is -2.09. The lowest BCUT2D eigenvalue weighted by Crippen LogP contribution is -2.06. The SMILES string of the molecule is CC1=CC[C]=C1c1c(F)c(F)c(F)c(F)c1F. The van der Waals surface area contributed by atoms with Gasteiger partial charge in [-0.05, 0) is 30.6 Å². The fraction of sp³-hybridized carbons (Fsp3) is 0.167. The Labute approximate surface area is 94.1 Å². The molecule has 17 heavy (non-hydrogen) atoms. The zero-order valence-corrected chi connectivity index (χ0v) is 8.67. The number of hydrogen-bond donors (Lipinski definition) is 0. The molecule has 1 aliphatic rings. The predicted octanol–water partition coefficient (Wildman–Crippen LogP) is 3.92. The van der Waals surface area contributed by atoms with Crippen LogP contribution in [0.15, 0.2) is 11.6 Å². The number of benzene rings is 1. The Morgan fingerprint density at radius 1 is 0.882 bits per heavy atom. The van der Waals surface area contributed by atoms with Crippen molar-refractivity contribution in [2.75, 3.05) is 0 Å². The smallest absolute Gasteiger partial charge is 0.200 e. The summed E-state index contributed by atoms with van der Waals surface area (Å²) in [6.07, 6.45) is 4.45. The van der Waals surface area contributed by atoms with E-state index < -0.39 is 34.6 Å². The fourth-order valence-corrected chi connectivity index (χ4v) is 1.66. The van der Waals surface area contributed by atoms with Crippen LogP contribution < -0.4 is 0 Å². The highest BCUT2D eigenvalue weighted by atomic mass is 19.2. The molecule has 0 unspecified atom stereocenters. The molecule has 0 nitrogen and oxygen atoms in total. The van der Waals surface area contributed by atoms with Gasteiger partial charge in [0.15, 0.2) is 23.3 Å². The van der Waals surface area contributed by atoms with E-state index in [1.165, 1.54) is 6.92 Å². The Morgan fingerprint density at radius 3 is 1.76 bits per heavy atom. The van der Waals surface area contributed by atoms with E-state index in [-0.39, 0.29) is 5.57 Å². The van der Waals surface area contributed by atoms with Gasteiger partial charge in [-0.3, -0.25) is 0 Å². The summed E-state index contributed by atoms with van der Waals surface area (Å²) in [7, 11) is 0. The van der Waals surface area contributed by atoms with E-state index in [2.05, 4.69) is 6.08 Å². The van der Waals surface area contributed by atoms with Crippen molar-refractivity contribution in [2.24, 2.45) is 0 Å². The summed E-state index contributed by atoms with van der Waals surface area (Å²) in [5.74, 6) is -9.66. The second-order valence-corrected chi connectivity index (χ2v) is 3.59. The van der Waals surface area contributed by atoms with E-state index >= 15 is 0 Å². The van der Waals surface area contributed by atoms with Crippen molar-refractivity contribution >= 4 is 5.57 Å². The fourth-order valence-electron chi connectivity index (χ4n) is 1.66. The lowest BCUT2D eigenvalue weighted by molar-refractivity contribution is 0.376. The van der Waals surface area contributed by atoms with E-state index in [0.29, 0.717) is 12.0 Å². The van der Waals surface area contributed by atoms with Crippen LogP contribution in [0.25, 0.3) is 5.57 Å². The molecule has 0 N–H and O–H groups in total. The van der Waals surface area contributed by atoms with Crippen molar-refractivity contribution in [1.82, 2.24) is 0 Å². The standard InChI is InChI=1S/C12H6F5/c1-5-3-2-4-6(5)7-8(13)10(15)12(17)11(16)9(7)14/h3H,2H2,1H3. The van der Waals surface area contributed by atoms with Crippen molar-refractivity contribution in [2.45, 2.75) is 13.3 Å². The monoisotopic (exact) mass is 245 g/mol. The van der Waals surface area contributed by atoms with Crippen LogP contribution in [-0.4, -0.2) is 0 Å². The van der Waals surface area contributed by atoms with E-state index in [9.17, 15) is 22.0 Å². The third-order valence-corrected chi connectivity index (χ3v) is 2.54. The van der Waals surface area contributed by atoms with Crippen LogP contribution in [0.3, 0.4) is 0 Å². The highest BCUT2D eigenvalue weighted by molar-refractivity contribution is 5.79. The molecule has 0 aromatic heterocycles. The number of allylic oxidation sites excluding steroid dienone is 4. The Bertz CT molecular complexity index is 525. The molecule has 1 aromatic carbocycles. The van der Waals surface area contributed by atoms with Crippen LogP contribution in [0.2, 0.25) is 0 Å². The highest BCUT2D eigenvalue weighted by Gasteiger charge is 2.28. The molecule has 0 heterocycles. The number of halogens is 5. The van der Waals surface area contributed by atoms with Gasteiger partial charge in [0, 0.05) is 0 Å². The average molecular weight is 245 g/mol. The van der Waals surface area contributed by atoms with Crippen molar-refractivity contribution in [3.8, 4) is 0 Å². The van der Waals surface area contributed by atoms with Gasteiger partial charge in [-0.1, -0.05) is 6.08 Å². The van der Waals surface area contributed by atoms with Gasteiger partial charge >= 0.3 is 0 Å². The van der Waals surface area contributed by atoms with Gasteiger partial charge in [0.1, 0.15) is 0 Å². The summed E-state index contributed by atoms with van der Waals surface area (Å²) >= 11 is 0. The summed E-state index contributed by atoms with van der Waals surface area (Å²) in [5, 5.41) is 0. The maximum atomic E-state index is 13.4. The molecular formula is C12H6F5. The molecule has 0 saturated carbocycles. The van der Waals surface area contributed by atoms with Crippen LogP contribution in [0.1, 0.15) is 18.9 Å². The van der Waals surface area contributed by atoms with E-state index in [1.54, 1.807) is 6.08 Å². The summed E-state index contributed by atoms with van der Waals surface area (Å²) in [6.45, 7) is 1.52. The molecule has 0 spiro atoms. The van der Waals surface area contributed by atoms with Crippen LogP contribution in [0.4, 0.5) is 22.0 Å². The molecule has 1 aromatic rings. The first-order chi connectivity index (χ1) is 7.95. The number of rotatable bonds is 1. The quantitative estimate of drug-likeness (QED) is 0.399. The summed E-state index contributed by atoms with van der Waals surface area (Å²) in [4.78, 5) is 0. The second kappa shape index (κ2) is 3.98. The van der Waals surface area contributed by atoms with Gasteiger partial charge in [-0.2, -0.15) is 0 Å². The summed E-state index contributed by atoms with van der Waals surface area (Å²) in [5.41, 5.74) is -0.543. The molecule has 0 bridgehead atoms. The third-order valence-electron chi connectivity index (χ3n) is 2.54. The molecule has 2 rings (SSSR count). The number of hydrogen-bond acceptors (Lipinski definition) is 0. The van der Waals surface area contributed by atoms with Crippen LogP contribution in [0, 0.1) is 35.2 Å². The highest BCUT2D eigenvalue weighted by Crippen LogP contribution is 2.34. The van der Waals surface area contributed by atoms with Gasteiger partial charge < -0.3 is 0 Å². The van der Waals surface area contributed by atoms with Crippen molar-refractivity contribution in [3.05, 3.63) is 52.4 Å². The topological polar surface area (TPSA) is 0 Å². The van der Waals surface area contributed by atoms with Crippen LogP contribution >= 0.6 is 0 Å². The van der Waals surface area contributed by atoms with Gasteiger partial charge in [0.25, 0.3) is 0 Å². The zero-order valence-electron chi connectivity index (χ0n) is 8.67. The van der Waals surface area contributed by atoms with E-state index in [0.717, 1.165) is 0 Å². The first kappa shape index (κ1) is 11.8. The minimum atomic E-state index is -2.15. The molecule has 5 heteroatoms. The van der Waals surface area contributed by atoms with Crippen molar-refractivity contribution in [1.29, 1.82) is 0 Å². The molecule has 0 saturated heterocycles. The molecular weight excluding hydrogens is 239 g/mol. The Balaban J connectivity index is 2.75. The van der Waals surface area contributed by atoms with Crippen LogP contribution in [0.5, 0.6) is 0 Å². The van der Waals surface area contributed by atoms with E-state index in [4.69, 9.17) is 0 Å². The molecule has 89 valence electrons. The third kappa shape index (κ3) is 1.66. The first-order valence-corrected chi connectivity index (χ1v) is 4.75. The Hall–Kier alpha value is -1.65. The molecule has 0 amide bonds. The largest absolute Gasteiger partial charge is 0.203 e. The maximum absolute atomic E-state index is 13.4. The maximum Gasteiger partial charge on any atom is 0.200 e. The molecule has 1 radical (unpaired) electrons. The van der Waals surface area contributed by atoms with Gasteiger partial charge in [0.2, 0.25) is 5.82 Å². The minimum absolute atomic E-state index is 0.0715. The zero-order chi connectivity index (χ0) is 12.7. The Kier molecular flexibility index (Phi) is 2.77. The van der Waals surface area contributed by atoms with Crippen molar-refractivity contribution in [3.63, 3.8) is 0 Å². The molecule has 0 atom stereocenters. The normalized spacial score (nSPS) is 14.9. The summed E-state index contributed by atoms with van der Waals surface area (Å²) < 4.78 is 65.6. The van der Waals surface area contributed by atoms with Gasteiger partial charge in [-0.15, -0.1) is 0 Å². The average Bonchev–Trinajstić information content (AvgIpc) is 2.71. The molecule has 0 aliphatic heterocycles.